The molecule has 1 aliphatic heterocycles. The van der Waals surface area contributed by atoms with Gasteiger partial charge in [0, 0.05) is 50.4 Å². The Morgan fingerprint density at radius 3 is 2.89 bits per heavy atom. The number of carbonyl (C=O) groups is 1. The first-order chi connectivity index (χ1) is 8.58. The van der Waals surface area contributed by atoms with E-state index < -0.39 is 0 Å². The highest BCUT2D eigenvalue weighted by molar-refractivity contribution is 5.78. The molecule has 1 amide bonds. The van der Waals surface area contributed by atoms with Gasteiger partial charge in [0.15, 0.2) is 0 Å². The van der Waals surface area contributed by atoms with E-state index in [0.29, 0.717) is 18.4 Å². The second-order valence-electron chi connectivity index (χ2n) is 5.10. The Bertz CT molecular complexity index is 427. The fraction of sp³-hybridized carbons (Fsp3) is 0.692. The molecule has 100 valence electrons. The summed E-state index contributed by atoms with van der Waals surface area (Å²) in [7, 11) is 1.95. The third kappa shape index (κ3) is 2.90. The molecule has 18 heavy (non-hydrogen) atoms. The minimum atomic E-state index is 0.293. The Hall–Kier alpha value is -1.36. The Morgan fingerprint density at radius 1 is 1.56 bits per heavy atom. The van der Waals surface area contributed by atoms with Crippen LogP contribution in [-0.2, 0) is 18.4 Å². The summed E-state index contributed by atoms with van der Waals surface area (Å²) >= 11 is 0. The number of hydrogen-bond donors (Lipinski definition) is 1. The first-order valence-corrected chi connectivity index (χ1v) is 6.56. The monoisotopic (exact) mass is 250 g/mol. The maximum absolute atomic E-state index is 11.5. The van der Waals surface area contributed by atoms with Crippen LogP contribution in [0, 0.1) is 6.92 Å². The zero-order valence-corrected chi connectivity index (χ0v) is 11.4. The highest BCUT2D eigenvalue weighted by Gasteiger charge is 2.21. The van der Waals surface area contributed by atoms with Crippen LogP contribution in [0.4, 0.5) is 0 Å². The molecule has 1 atom stereocenters. The number of amides is 1. The van der Waals surface area contributed by atoms with Gasteiger partial charge in [0.25, 0.3) is 0 Å². The van der Waals surface area contributed by atoms with Gasteiger partial charge < -0.3 is 10.2 Å². The number of nitrogens with zero attached hydrogens (tertiary/aromatic N) is 3. The summed E-state index contributed by atoms with van der Waals surface area (Å²) in [5.74, 6) is 0.293. The lowest BCUT2D eigenvalue weighted by Crippen LogP contribution is -2.39. The van der Waals surface area contributed by atoms with Crippen molar-refractivity contribution in [3.05, 3.63) is 17.5 Å². The Balaban J connectivity index is 1.79. The molecule has 5 nitrogen and oxygen atoms in total. The van der Waals surface area contributed by atoms with Crippen molar-refractivity contribution in [3.63, 3.8) is 0 Å². The summed E-state index contributed by atoms with van der Waals surface area (Å²) in [5, 5.41) is 7.67. The smallest absolute Gasteiger partial charge is 0.222 e. The average molecular weight is 250 g/mol. The van der Waals surface area contributed by atoms with Crippen LogP contribution in [0.3, 0.4) is 0 Å². The quantitative estimate of drug-likeness (QED) is 0.842. The van der Waals surface area contributed by atoms with E-state index in [1.54, 1.807) is 0 Å². The molecule has 1 aromatic rings. The van der Waals surface area contributed by atoms with Crippen molar-refractivity contribution in [3.8, 4) is 0 Å². The zero-order valence-electron chi connectivity index (χ0n) is 11.4. The van der Waals surface area contributed by atoms with Gasteiger partial charge >= 0.3 is 0 Å². The SMILES string of the molecule is Cc1c(CNC(C)CN2CCCC2=O)cnn1C. The predicted molar refractivity (Wildman–Crippen MR) is 70.1 cm³/mol. The Morgan fingerprint density at radius 2 is 2.33 bits per heavy atom. The molecule has 1 aliphatic rings. The molecule has 1 unspecified atom stereocenters. The van der Waals surface area contributed by atoms with Crippen molar-refractivity contribution in [2.24, 2.45) is 7.05 Å². The lowest BCUT2D eigenvalue weighted by atomic mass is 10.2. The van der Waals surface area contributed by atoms with E-state index in [-0.39, 0.29) is 0 Å². The van der Waals surface area contributed by atoms with Gasteiger partial charge in [-0.15, -0.1) is 0 Å². The number of aryl methyl sites for hydroxylation is 1. The maximum Gasteiger partial charge on any atom is 0.222 e. The highest BCUT2D eigenvalue weighted by atomic mass is 16.2. The van der Waals surface area contributed by atoms with Crippen molar-refractivity contribution >= 4 is 5.91 Å². The molecule has 0 radical (unpaired) electrons. The van der Waals surface area contributed by atoms with E-state index in [4.69, 9.17) is 0 Å². The van der Waals surface area contributed by atoms with Gasteiger partial charge in [-0.25, -0.2) is 0 Å². The average Bonchev–Trinajstić information content (AvgIpc) is 2.86. The van der Waals surface area contributed by atoms with E-state index >= 15 is 0 Å². The van der Waals surface area contributed by atoms with Gasteiger partial charge in [0.2, 0.25) is 5.91 Å². The standard InChI is InChI=1S/C13H22N4O/c1-10(9-17-6-4-5-13(17)18)14-7-12-8-15-16(3)11(12)2/h8,10,14H,4-7,9H2,1-3H3. The lowest BCUT2D eigenvalue weighted by molar-refractivity contribution is -0.127. The predicted octanol–water partition coefficient (Wildman–Crippen LogP) is 0.829. The molecule has 2 heterocycles. The van der Waals surface area contributed by atoms with E-state index in [2.05, 4.69) is 24.3 Å². The summed E-state index contributed by atoms with van der Waals surface area (Å²) in [6.07, 6.45) is 3.62. The van der Waals surface area contributed by atoms with E-state index in [0.717, 1.165) is 26.1 Å². The molecule has 1 saturated heterocycles. The highest BCUT2D eigenvalue weighted by Crippen LogP contribution is 2.10. The van der Waals surface area contributed by atoms with Gasteiger partial charge in [0.1, 0.15) is 0 Å². The van der Waals surface area contributed by atoms with Crippen LogP contribution < -0.4 is 5.32 Å². The van der Waals surface area contributed by atoms with Crippen molar-refractivity contribution in [2.45, 2.75) is 39.3 Å². The van der Waals surface area contributed by atoms with Crippen LogP contribution in [-0.4, -0.2) is 39.7 Å². The number of nitrogens with one attached hydrogen (secondary N) is 1. The summed E-state index contributed by atoms with van der Waals surface area (Å²) in [4.78, 5) is 13.5. The van der Waals surface area contributed by atoms with Crippen molar-refractivity contribution in [1.82, 2.24) is 20.0 Å². The molecule has 0 spiro atoms. The molecule has 0 aliphatic carbocycles. The number of rotatable bonds is 5. The fourth-order valence-electron chi connectivity index (χ4n) is 2.29. The van der Waals surface area contributed by atoms with Crippen LogP contribution in [0.5, 0.6) is 0 Å². The molecule has 0 aromatic carbocycles. The molecule has 5 heteroatoms. The fourth-order valence-corrected chi connectivity index (χ4v) is 2.29. The Kier molecular flexibility index (Phi) is 4.01. The van der Waals surface area contributed by atoms with Gasteiger partial charge in [0.05, 0.1) is 6.20 Å². The normalized spacial score (nSPS) is 17.5. The minimum absolute atomic E-state index is 0.293. The second kappa shape index (κ2) is 5.52. The van der Waals surface area contributed by atoms with Gasteiger partial charge in [-0.05, 0) is 20.3 Å². The first-order valence-electron chi connectivity index (χ1n) is 6.56. The van der Waals surface area contributed by atoms with E-state index in [1.807, 2.05) is 22.8 Å². The topological polar surface area (TPSA) is 50.2 Å². The van der Waals surface area contributed by atoms with Crippen molar-refractivity contribution < 1.29 is 4.79 Å². The van der Waals surface area contributed by atoms with Crippen LogP contribution in [0.25, 0.3) is 0 Å². The first kappa shape index (κ1) is 13.1. The molecular formula is C13H22N4O. The zero-order chi connectivity index (χ0) is 13.1. The largest absolute Gasteiger partial charge is 0.341 e. The summed E-state index contributed by atoms with van der Waals surface area (Å²) in [6, 6.07) is 0.312. The van der Waals surface area contributed by atoms with Crippen LogP contribution in [0.15, 0.2) is 6.20 Å². The molecule has 1 N–H and O–H groups in total. The van der Waals surface area contributed by atoms with Crippen LogP contribution in [0.1, 0.15) is 31.0 Å². The molecule has 2 rings (SSSR count). The van der Waals surface area contributed by atoms with Crippen LogP contribution >= 0.6 is 0 Å². The number of aromatic nitrogens is 2. The number of likely N-dealkylation sites (tertiary alicyclic amines) is 1. The maximum atomic E-state index is 11.5. The van der Waals surface area contributed by atoms with Crippen LogP contribution in [0.2, 0.25) is 0 Å². The van der Waals surface area contributed by atoms with Crippen molar-refractivity contribution in [2.75, 3.05) is 13.1 Å². The van der Waals surface area contributed by atoms with Gasteiger partial charge in [-0.2, -0.15) is 5.10 Å². The summed E-state index contributed by atoms with van der Waals surface area (Å²) in [5.41, 5.74) is 2.41. The van der Waals surface area contributed by atoms with Gasteiger partial charge in [-0.1, -0.05) is 0 Å². The molecular weight excluding hydrogens is 228 g/mol. The van der Waals surface area contributed by atoms with Crippen molar-refractivity contribution in [1.29, 1.82) is 0 Å². The molecule has 0 saturated carbocycles. The third-order valence-corrected chi connectivity index (χ3v) is 3.64. The van der Waals surface area contributed by atoms with E-state index in [9.17, 15) is 4.79 Å². The molecule has 1 fully saturated rings. The molecule has 0 bridgehead atoms. The summed E-state index contributed by atoms with van der Waals surface area (Å²) in [6.45, 7) is 6.72. The lowest BCUT2D eigenvalue weighted by Gasteiger charge is -2.21. The van der Waals surface area contributed by atoms with Gasteiger partial charge in [-0.3, -0.25) is 9.48 Å². The minimum Gasteiger partial charge on any atom is -0.341 e. The number of hydrogen-bond acceptors (Lipinski definition) is 3. The Labute approximate surface area is 108 Å². The summed E-state index contributed by atoms with van der Waals surface area (Å²) < 4.78 is 1.88. The third-order valence-electron chi connectivity index (χ3n) is 3.64. The molecule has 1 aromatic heterocycles. The second-order valence-corrected chi connectivity index (χ2v) is 5.10. The number of carbonyl (C=O) groups excluding carboxylic acids is 1. The van der Waals surface area contributed by atoms with E-state index in [1.165, 1.54) is 11.3 Å².